The predicted octanol–water partition coefficient (Wildman–Crippen LogP) is 3.73. The molecule has 1 N–H and O–H groups in total. The van der Waals surface area contributed by atoms with Crippen molar-refractivity contribution in [3.05, 3.63) is 53.1 Å². The summed E-state index contributed by atoms with van der Waals surface area (Å²) in [6, 6.07) is 8.06. The summed E-state index contributed by atoms with van der Waals surface area (Å²) in [5.41, 5.74) is 1.50. The summed E-state index contributed by atoms with van der Waals surface area (Å²) in [4.78, 5) is 13.1. The standard InChI is InChI=1S/C23H25F3N2O5S/c1-33-20-14-19-15(2-3-16(19)13-22(29)30)12-21(20)34(31,32)28-10-8-27(9-11-28)18-6-4-17(5-7-18)23(24,25)26/h4-7,12,14,16H,2-3,8-11,13H2,1H3,(H,29,30). The molecule has 1 atom stereocenters. The van der Waals surface area contributed by atoms with Crippen molar-refractivity contribution < 1.29 is 36.2 Å². The number of hydrogen-bond donors (Lipinski definition) is 1. The van der Waals surface area contributed by atoms with Gasteiger partial charge in [0.1, 0.15) is 10.6 Å². The molecule has 4 rings (SSSR count). The third-order valence-corrected chi connectivity index (χ3v) is 8.38. The zero-order chi connectivity index (χ0) is 24.7. The fourth-order valence-corrected chi connectivity index (χ4v) is 6.28. The number of aryl methyl sites for hydroxylation is 1. The molecule has 1 saturated heterocycles. The van der Waals surface area contributed by atoms with Gasteiger partial charge in [0.05, 0.1) is 19.1 Å². The van der Waals surface area contributed by atoms with Gasteiger partial charge in [-0.3, -0.25) is 4.79 Å². The predicted molar refractivity (Wildman–Crippen MR) is 119 cm³/mol. The van der Waals surface area contributed by atoms with Gasteiger partial charge in [-0.2, -0.15) is 17.5 Å². The summed E-state index contributed by atoms with van der Waals surface area (Å²) in [5, 5.41) is 9.15. The van der Waals surface area contributed by atoms with Crippen molar-refractivity contribution in [2.45, 2.75) is 36.3 Å². The lowest BCUT2D eigenvalue weighted by atomic mass is 9.98. The molecule has 0 radical (unpaired) electrons. The third kappa shape index (κ3) is 4.72. The number of sulfonamides is 1. The van der Waals surface area contributed by atoms with Crippen LogP contribution in [-0.4, -0.2) is 57.1 Å². The molecule has 34 heavy (non-hydrogen) atoms. The van der Waals surface area contributed by atoms with Gasteiger partial charge in [-0.15, -0.1) is 0 Å². The second kappa shape index (κ2) is 9.10. The lowest BCUT2D eigenvalue weighted by molar-refractivity contribution is -0.138. The molecule has 0 spiro atoms. The zero-order valence-corrected chi connectivity index (χ0v) is 19.3. The van der Waals surface area contributed by atoms with Crippen LogP contribution in [0.1, 0.15) is 35.4 Å². The number of ether oxygens (including phenoxy) is 1. The van der Waals surface area contributed by atoms with E-state index in [-0.39, 0.29) is 36.1 Å². The van der Waals surface area contributed by atoms with Gasteiger partial charge in [0.15, 0.2) is 0 Å². The number of methoxy groups -OCH3 is 1. The molecule has 2 aliphatic rings. The van der Waals surface area contributed by atoms with Crippen LogP contribution in [-0.2, 0) is 27.4 Å². The molecular weight excluding hydrogens is 473 g/mol. The Bertz CT molecular complexity index is 1170. The van der Waals surface area contributed by atoms with Crippen molar-refractivity contribution in [3.63, 3.8) is 0 Å². The van der Waals surface area contributed by atoms with Crippen molar-refractivity contribution in [1.29, 1.82) is 0 Å². The minimum absolute atomic E-state index is 0.0197. The van der Waals surface area contributed by atoms with Crippen LogP contribution in [0.25, 0.3) is 0 Å². The Hall–Kier alpha value is -2.79. The van der Waals surface area contributed by atoms with Gasteiger partial charge in [0.25, 0.3) is 0 Å². The fraction of sp³-hybridized carbons (Fsp3) is 0.435. The maximum absolute atomic E-state index is 13.4. The maximum atomic E-state index is 13.4. The molecule has 1 aliphatic carbocycles. The second-order valence-electron chi connectivity index (χ2n) is 8.47. The first-order valence-corrected chi connectivity index (χ1v) is 12.3. The van der Waals surface area contributed by atoms with Crippen molar-refractivity contribution in [3.8, 4) is 5.75 Å². The molecule has 0 amide bonds. The molecule has 0 bridgehead atoms. The second-order valence-corrected chi connectivity index (χ2v) is 10.4. The van der Waals surface area contributed by atoms with Crippen LogP contribution < -0.4 is 9.64 Å². The van der Waals surface area contributed by atoms with E-state index in [4.69, 9.17) is 9.84 Å². The highest BCUT2D eigenvalue weighted by molar-refractivity contribution is 7.89. The lowest BCUT2D eigenvalue weighted by Crippen LogP contribution is -2.48. The quantitative estimate of drug-likeness (QED) is 0.653. The molecule has 1 fully saturated rings. The Morgan fingerprint density at radius 1 is 1.12 bits per heavy atom. The van der Waals surface area contributed by atoms with Crippen molar-refractivity contribution >= 4 is 21.7 Å². The van der Waals surface area contributed by atoms with Crippen LogP contribution in [0.5, 0.6) is 5.75 Å². The number of anilines is 1. The maximum Gasteiger partial charge on any atom is 0.416 e. The number of carboxylic acid groups (broad SMARTS) is 1. The summed E-state index contributed by atoms with van der Waals surface area (Å²) < 4.78 is 72.0. The van der Waals surface area contributed by atoms with Gasteiger partial charge >= 0.3 is 12.1 Å². The summed E-state index contributed by atoms with van der Waals surface area (Å²) in [6.07, 6.45) is -3.19. The fourth-order valence-electron chi connectivity index (χ4n) is 4.67. The zero-order valence-electron chi connectivity index (χ0n) is 18.5. The molecule has 0 aromatic heterocycles. The molecule has 7 nitrogen and oxygen atoms in total. The number of nitrogens with zero attached hydrogens (tertiary/aromatic N) is 2. The van der Waals surface area contributed by atoms with Gasteiger partial charge < -0.3 is 14.7 Å². The largest absolute Gasteiger partial charge is 0.495 e. The van der Waals surface area contributed by atoms with Gasteiger partial charge in [-0.25, -0.2) is 8.42 Å². The van der Waals surface area contributed by atoms with E-state index in [0.29, 0.717) is 31.6 Å². The van der Waals surface area contributed by atoms with E-state index in [9.17, 15) is 26.4 Å². The number of piperazine rings is 1. The van der Waals surface area contributed by atoms with Crippen LogP contribution in [0.3, 0.4) is 0 Å². The van der Waals surface area contributed by atoms with Gasteiger partial charge in [-0.1, -0.05) is 0 Å². The molecule has 184 valence electrons. The summed E-state index contributed by atoms with van der Waals surface area (Å²) in [7, 11) is -2.50. The third-order valence-electron chi connectivity index (χ3n) is 6.46. The van der Waals surface area contributed by atoms with Crippen LogP contribution in [0, 0.1) is 0 Å². The average molecular weight is 499 g/mol. The van der Waals surface area contributed by atoms with E-state index in [0.717, 1.165) is 23.3 Å². The van der Waals surface area contributed by atoms with Gasteiger partial charge in [-0.05, 0) is 66.3 Å². The monoisotopic (exact) mass is 498 g/mol. The number of hydrogen-bond acceptors (Lipinski definition) is 5. The molecule has 11 heteroatoms. The van der Waals surface area contributed by atoms with Crippen molar-refractivity contribution in [2.75, 3.05) is 38.2 Å². The van der Waals surface area contributed by atoms with Crippen LogP contribution in [0.4, 0.5) is 18.9 Å². The lowest BCUT2D eigenvalue weighted by Gasteiger charge is -2.35. The molecule has 1 heterocycles. The number of aliphatic carboxylic acids is 1. The first-order chi connectivity index (χ1) is 16.0. The Morgan fingerprint density at radius 2 is 1.76 bits per heavy atom. The minimum atomic E-state index is -4.41. The van der Waals surface area contributed by atoms with Crippen LogP contribution >= 0.6 is 0 Å². The SMILES string of the molecule is COc1cc2c(cc1S(=O)(=O)N1CCN(c3ccc(C(F)(F)F)cc3)CC1)CCC2CC(=O)O. The summed E-state index contributed by atoms with van der Waals surface area (Å²) in [6.45, 7) is 1.01. The summed E-state index contributed by atoms with van der Waals surface area (Å²) >= 11 is 0. The molecule has 1 aliphatic heterocycles. The van der Waals surface area contributed by atoms with E-state index in [1.54, 1.807) is 12.1 Å². The molecule has 0 saturated carbocycles. The molecule has 2 aromatic carbocycles. The highest BCUT2D eigenvalue weighted by Gasteiger charge is 2.35. The van der Waals surface area contributed by atoms with Gasteiger partial charge in [0.2, 0.25) is 10.0 Å². The average Bonchev–Trinajstić information content (AvgIpc) is 3.19. The normalized spacial score (nSPS) is 19.2. The van der Waals surface area contributed by atoms with Crippen molar-refractivity contribution in [1.82, 2.24) is 4.31 Å². The highest BCUT2D eigenvalue weighted by atomic mass is 32.2. The minimum Gasteiger partial charge on any atom is -0.495 e. The Kier molecular flexibility index (Phi) is 6.52. The van der Waals surface area contributed by atoms with E-state index in [1.165, 1.54) is 23.5 Å². The van der Waals surface area contributed by atoms with Crippen molar-refractivity contribution in [2.24, 2.45) is 0 Å². The topological polar surface area (TPSA) is 87.2 Å². The Balaban J connectivity index is 1.51. The number of fused-ring (bicyclic) bond motifs is 1. The van der Waals surface area contributed by atoms with Crippen LogP contribution in [0.15, 0.2) is 41.3 Å². The Morgan fingerprint density at radius 3 is 2.32 bits per heavy atom. The number of carboxylic acids is 1. The van der Waals surface area contributed by atoms with Gasteiger partial charge in [0, 0.05) is 31.9 Å². The molecule has 2 aromatic rings. The molecular formula is C23H25F3N2O5S. The smallest absolute Gasteiger partial charge is 0.416 e. The first-order valence-electron chi connectivity index (χ1n) is 10.9. The molecule has 1 unspecified atom stereocenters. The van der Waals surface area contributed by atoms with Crippen LogP contribution in [0.2, 0.25) is 0 Å². The highest BCUT2D eigenvalue weighted by Crippen LogP contribution is 2.41. The number of benzene rings is 2. The number of carbonyl (C=O) groups is 1. The number of halogens is 3. The van der Waals surface area contributed by atoms with E-state index < -0.39 is 27.7 Å². The first kappa shape index (κ1) is 24.3. The number of alkyl halides is 3. The Labute approximate surface area is 195 Å². The number of rotatable bonds is 6. The van der Waals surface area contributed by atoms with E-state index in [1.807, 2.05) is 4.90 Å². The van der Waals surface area contributed by atoms with E-state index >= 15 is 0 Å². The van der Waals surface area contributed by atoms with E-state index in [2.05, 4.69) is 0 Å². The summed E-state index contributed by atoms with van der Waals surface area (Å²) in [5.74, 6) is -0.897.